The molecule has 1 heterocycles. The van der Waals surface area contributed by atoms with Gasteiger partial charge in [0.25, 0.3) is 0 Å². The zero-order chi connectivity index (χ0) is 23.8. The number of H-pyrrole nitrogens is 1. The van der Waals surface area contributed by atoms with Crippen LogP contribution in [0.2, 0.25) is 0 Å². The van der Waals surface area contributed by atoms with E-state index in [1.807, 2.05) is 48.5 Å². The van der Waals surface area contributed by atoms with Gasteiger partial charge in [-0.1, -0.05) is 60.7 Å². The number of carbonyl (C=O) groups excluding carboxylic acids is 3. The molecule has 0 fully saturated rings. The Kier molecular flexibility index (Phi) is 7.97. The zero-order valence-corrected chi connectivity index (χ0v) is 19.0. The van der Waals surface area contributed by atoms with Gasteiger partial charge in [0.2, 0.25) is 0 Å². The summed E-state index contributed by atoms with van der Waals surface area (Å²) in [4.78, 5) is 41.0. The summed E-state index contributed by atoms with van der Waals surface area (Å²) in [6, 6.07) is 18.4. The van der Waals surface area contributed by atoms with Gasteiger partial charge in [-0.15, -0.1) is 0 Å². The molecule has 2 aromatic carbocycles. The monoisotopic (exact) mass is 445 g/mol. The second kappa shape index (κ2) is 11.1. The van der Waals surface area contributed by atoms with Crippen LogP contribution in [0, 0.1) is 6.92 Å². The third kappa shape index (κ3) is 5.66. The maximum Gasteiger partial charge on any atom is 0.339 e. The number of aryl methyl sites for hydroxylation is 1. The second-order valence-electron chi connectivity index (χ2n) is 7.43. The fraction of sp³-hybridized carbons (Fsp3) is 0.222. The lowest BCUT2D eigenvalue weighted by Crippen LogP contribution is -2.10. The van der Waals surface area contributed by atoms with Gasteiger partial charge in [0.15, 0.2) is 5.78 Å². The highest BCUT2D eigenvalue weighted by molar-refractivity contribution is 6.10. The Morgan fingerprint density at radius 2 is 1.55 bits per heavy atom. The first-order valence-corrected chi connectivity index (χ1v) is 10.8. The summed E-state index contributed by atoms with van der Waals surface area (Å²) >= 11 is 0. The fourth-order valence-electron chi connectivity index (χ4n) is 3.73. The van der Waals surface area contributed by atoms with Gasteiger partial charge in [-0.2, -0.15) is 0 Å². The number of hydrogen-bond acceptors (Lipinski definition) is 5. The van der Waals surface area contributed by atoms with Crippen molar-refractivity contribution in [3.8, 4) is 0 Å². The van der Waals surface area contributed by atoms with E-state index in [9.17, 15) is 14.4 Å². The summed E-state index contributed by atoms with van der Waals surface area (Å²) in [6.07, 6.45) is 1.91. The SMILES string of the molecule is CCOC(=O)CCc1c(/C(=C\C(=O)c2ccccc2)c2ccccc2)[nH]c(C)c1C(=O)OC. The van der Waals surface area contributed by atoms with Crippen molar-refractivity contribution in [1.82, 2.24) is 4.98 Å². The molecule has 0 saturated carbocycles. The number of allylic oxidation sites excluding steroid dienone is 1. The Labute approximate surface area is 193 Å². The van der Waals surface area contributed by atoms with Crippen molar-refractivity contribution in [2.75, 3.05) is 13.7 Å². The molecule has 1 N–H and O–H groups in total. The third-order valence-electron chi connectivity index (χ3n) is 5.25. The molecule has 0 saturated heterocycles. The lowest BCUT2D eigenvalue weighted by atomic mass is 9.93. The summed E-state index contributed by atoms with van der Waals surface area (Å²) in [5, 5.41) is 0. The van der Waals surface area contributed by atoms with E-state index in [2.05, 4.69) is 4.98 Å². The number of nitrogens with one attached hydrogen (secondary N) is 1. The van der Waals surface area contributed by atoms with Crippen LogP contribution < -0.4 is 0 Å². The molecule has 1 aromatic heterocycles. The molecule has 3 aromatic rings. The van der Waals surface area contributed by atoms with Crippen molar-refractivity contribution in [1.29, 1.82) is 0 Å². The predicted octanol–water partition coefficient (Wildman–Crippen LogP) is 4.92. The highest BCUT2D eigenvalue weighted by Crippen LogP contribution is 2.31. The number of benzene rings is 2. The average Bonchev–Trinajstić information content (AvgIpc) is 3.17. The minimum absolute atomic E-state index is 0.0941. The summed E-state index contributed by atoms with van der Waals surface area (Å²) < 4.78 is 10.1. The number of rotatable bonds is 9. The Morgan fingerprint density at radius 3 is 2.12 bits per heavy atom. The minimum Gasteiger partial charge on any atom is -0.466 e. The molecular formula is C27H27NO5. The molecule has 0 aliphatic rings. The first kappa shape index (κ1) is 23.7. The smallest absolute Gasteiger partial charge is 0.339 e. The van der Waals surface area contributed by atoms with E-state index in [0.29, 0.717) is 33.7 Å². The van der Waals surface area contributed by atoms with E-state index in [-0.39, 0.29) is 31.2 Å². The first-order valence-electron chi connectivity index (χ1n) is 10.8. The van der Waals surface area contributed by atoms with Crippen molar-refractivity contribution in [2.24, 2.45) is 0 Å². The van der Waals surface area contributed by atoms with E-state index >= 15 is 0 Å². The number of ether oxygens (including phenoxy) is 2. The van der Waals surface area contributed by atoms with Gasteiger partial charge in [-0.25, -0.2) is 4.79 Å². The molecule has 170 valence electrons. The average molecular weight is 446 g/mol. The van der Waals surface area contributed by atoms with Crippen LogP contribution in [0.1, 0.15) is 56.6 Å². The number of aromatic nitrogens is 1. The van der Waals surface area contributed by atoms with Crippen LogP contribution in [0.15, 0.2) is 66.7 Å². The Bertz CT molecular complexity index is 1160. The summed E-state index contributed by atoms with van der Waals surface area (Å²) in [7, 11) is 1.32. The van der Waals surface area contributed by atoms with Crippen molar-refractivity contribution in [3.63, 3.8) is 0 Å². The van der Waals surface area contributed by atoms with Gasteiger partial charge in [0.05, 0.1) is 25.0 Å². The van der Waals surface area contributed by atoms with E-state index in [1.54, 1.807) is 32.1 Å². The number of methoxy groups -OCH3 is 1. The largest absolute Gasteiger partial charge is 0.466 e. The summed E-state index contributed by atoms with van der Waals surface area (Å²) in [5.74, 6) is -1.03. The number of carbonyl (C=O) groups is 3. The predicted molar refractivity (Wildman–Crippen MR) is 126 cm³/mol. The van der Waals surface area contributed by atoms with Crippen molar-refractivity contribution >= 4 is 23.3 Å². The third-order valence-corrected chi connectivity index (χ3v) is 5.25. The van der Waals surface area contributed by atoms with Crippen LogP contribution in [0.25, 0.3) is 5.57 Å². The van der Waals surface area contributed by atoms with Gasteiger partial charge >= 0.3 is 11.9 Å². The van der Waals surface area contributed by atoms with E-state index in [0.717, 1.165) is 5.56 Å². The van der Waals surface area contributed by atoms with Gasteiger partial charge in [-0.3, -0.25) is 9.59 Å². The number of aromatic amines is 1. The molecule has 6 heteroatoms. The lowest BCUT2D eigenvalue weighted by molar-refractivity contribution is -0.143. The van der Waals surface area contributed by atoms with Gasteiger partial charge in [0, 0.05) is 23.3 Å². The molecule has 0 atom stereocenters. The molecule has 6 nitrogen and oxygen atoms in total. The van der Waals surface area contributed by atoms with Crippen LogP contribution in [-0.2, 0) is 20.7 Å². The Balaban J connectivity index is 2.17. The highest BCUT2D eigenvalue weighted by Gasteiger charge is 2.25. The molecular weight excluding hydrogens is 418 g/mol. The molecule has 0 aliphatic carbocycles. The molecule has 0 amide bonds. The molecule has 33 heavy (non-hydrogen) atoms. The summed E-state index contributed by atoms with van der Waals surface area (Å²) in [5.41, 5.74) is 4.17. The van der Waals surface area contributed by atoms with Crippen LogP contribution in [-0.4, -0.2) is 36.4 Å². The molecule has 0 bridgehead atoms. The highest BCUT2D eigenvalue weighted by atomic mass is 16.5. The molecule has 0 radical (unpaired) electrons. The quantitative estimate of drug-likeness (QED) is 0.287. The minimum atomic E-state index is -0.504. The standard InChI is InChI=1S/C27H27NO5/c1-4-33-24(30)16-15-21-25(27(31)32-3)18(2)28-26(21)22(19-11-7-5-8-12-19)17-23(29)20-13-9-6-10-14-20/h5-14,17,28H,4,15-16H2,1-3H3/b22-17-. The normalized spacial score (nSPS) is 11.2. The second-order valence-corrected chi connectivity index (χ2v) is 7.43. The Hall–Kier alpha value is -3.93. The van der Waals surface area contributed by atoms with Crippen LogP contribution >= 0.6 is 0 Å². The fourth-order valence-corrected chi connectivity index (χ4v) is 3.73. The van der Waals surface area contributed by atoms with Crippen molar-refractivity contribution in [3.05, 3.63) is 100 Å². The van der Waals surface area contributed by atoms with E-state index in [4.69, 9.17) is 9.47 Å². The molecule has 0 aliphatic heterocycles. The van der Waals surface area contributed by atoms with Crippen LogP contribution in [0.3, 0.4) is 0 Å². The lowest BCUT2D eigenvalue weighted by Gasteiger charge is -2.11. The van der Waals surface area contributed by atoms with E-state index in [1.165, 1.54) is 7.11 Å². The topological polar surface area (TPSA) is 85.5 Å². The van der Waals surface area contributed by atoms with Gasteiger partial charge in [-0.05, 0) is 37.5 Å². The number of hydrogen-bond donors (Lipinski definition) is 1. The zero-order valence-electron chi connectivity index (χ0n) is 19.0. The van der Waals surface area contributed by atoms with Crippen molar-refractivity contribution < 1.29 is 23.9 Å². The van der Waals surface area contributed by atoms with Gasteiger partial charge < -0.3 is 14.5 Å². The van der Waals surface area contributed by atoms with Crippen molar-refractivity contribution in [2.45, 2.75) is 26.7 Å². The van der Waals surface area contributed by atoms with Gasteiger partial charge in [0.1, 0.15) is 0 Å². The maximum absolute atomic E-state index is 13.1. The van der Waals surface area contributed by atoms with Crippen LogP contribution in [0.5, 0.6) is 0 Å². The number of ketones is 1. The molecule has 3 rings (SSSR count). The number of esters is 2. The van der Waals surface area contributed by atoms with Crippen LogP contribution in [0.4, 0.5) is 0 Å². The van der Waals surface area contributed by atoms with E-state index < -0.39 is 5.97 Å². The first-order chi connectivity index (χ1) is 16.0. The Morgan fingerprint density at radius 1 is 0.939 bits per heavy atom. The summed E-state index contributed by atoms with van der Waals surface area (Å²) in [6.45, 7) is 3.79. The maximum atomic E-state index is 13.1. The molecule has 0 spiro atoms. The molecule has 0 unspecified atom stereocenters.